The number of benzene rings is 2. The second kappa shape index (κ2) is 9.22. The van der Waals surface area contributed by atoms with Crippen LogP contribution in [0.2, 0.25) is 0 Å². The van der Waals surface area contributed by atoms with Crippen molar-refractivity contribution < 1.29 is 0 Å². The normalized spacial score (nSPS) is 12.6. The molecule has 1 heterocycles. The highest BCUT2D eigenvalue weighted by molar-refractivity contribution is 5.79. The Morgan fingerprint density at radius 1 is 1.00 bits per heavy atom. The van der Waals surface area contributed by atoms with E-state index in [-0.39, 0.29) is 0 Å². The summed E-state index contributed by atoms with van der Waals surface area (Å²) in [4.78, 5) is 4.36. The SMILES string of the molecule is CN=C(NCc1c(C)nn(-c2ccccc2)c1C)NCC(C)c1ccccc1. The summed E-state index contributed by atoms with van der Waals surface area (Å²) in [6.45, 7) is 7.89. The van der Waals surface area contributed by atoms with Crippen molar-refractivity contribution in [3.63, 3.8) is 0 Å². The van der Waals surface area contributed by atoms with E-state index >= 15 is 0 Å². The molecular weight excluding hydrogens is 346 g/mol. The van der Waals surface area contributed by atoms with Gasteiger partial charge in [-0.15, -0.1) is 0 Å². The van der Waals surface area contributed by atoms with Gasteiger partial charge in [-0.3, -0.25) is 4.99 Å². The van der Waals surface area contributed by atoms with Crippen molar-refractivity contribution in [1.82, 2.24) is 20.4 Å². The molecule has 0 aliphatic carbocycles. The quantitative estimate of drug-likeness (QED) is 0.506. The van der Waals surface area contributed by atoms with Gasteiger partial charge in [0.2, 0.25) is 0 Å². The first kappa shape index (κ1) is 19.7. The molecule has 28 heavy (non-hydrogen) atoms. The first-order valence-corrected chi connectivity index (χ1v) is 9.70. The van der Waals surface area contributed by atoms with E-state index in [9.17, 15) is 0 Å². The van der Waals surface area contributed by atoms with Gasteiger partial charge in [-0.1, -0.05) is 55.5 Å². The fourth-order valence-electron chi connectivity index (χ4n) is 3.29. The third-order valence-corrected chi connectivity index (χ3v) is 5.04. The van der Waals surface area contributed by atoms with Gasteiger partial charge in [0.25, 0.3) is 0 Å². The average Bonchev–Trinajstić information content (AvgIpc) is 3.03. The summed E-state index contributed by atoms with van der Waals surface area (Å²) in [6.07, 6.45) is 0. The van der Waals surface area contributed by atoms with Crippen molar-refractivity contribution in [1.29, 1.82) is 0 Å². The van der Waals surface area contributed by atoms with Crippen LogP contribution >= 0.6 is 0 Å². The van der Waals surface area contributed by atoms with Crippen molar-refractivity contribution in [2.24, 2.45) is 4.99 Å². The maximum absolute atomic E-state index is 4.71. The zero-order valence-corrected chi connectivity index (χ0v) is 17.1. The Kier molecular flexibility index (Phi) is 6.48. The number of rotatable bonds is 6. The predicted molar refractivity (Wildman–Crippen MR) is 116 cm³/mol. The lowest BCUT2D eigenvalue weighted by molar-refractivity contribution is 0.698. The van der Waals surface area contributed by atoms with Crippen LogP contribution in [0.5, 0.6) is 0 Å². The molecule has 5 nitrogen and oxygen atoms in total. The van der Waals surface area contributed by atoms with Crippen LogP contribution in [-0.2, 0) is 6.54 Å². The molecule has 3 aromatic rings. The molecule has 0 spiro atoms. The van der Waals surface area contributed by atoms with E-state index in [1.165, 1.54) is 11.1 Å². The number of hydrogen-bond acceptors (Lipinski definition) is 2. The predicted octanol–water partition coefficient (Wildman–Crippen LogP) is 3.96. The largest absolute Gasteiger partial charge is 0.356 e. The van der Waals surface area contributed by atoms with Crippen molar-refractivity contribution in [2.45, 2.75) is 33.2 Å². The van der Waals surface area contributed by atoms with Gasteiger partial charge >= 0.3 is 0 Å². The van der Waals surface area contributed by atoms with Gasteiger partial charge in [-0.2, -0.15) is 5.10 Å². The molecule has 1 aromatic heterocycles. The van der Waals surface area contributed by atoms with Gasteiger partial charge in [-0.25, -0.2) is 4.68 Å². The highest BCUT2D eigenvalue weighted by atomic mass is 15.3. The summed E-state index contributed by atoms with van der Waals surface area (Å²) in [5.74, 6) is 1.21. The highest BCUT2D eigenvalue weighted by Crippen LogP contribution is 2.17. The molecule has 1 atom stereocenters. The van der Waals surface area contributed by atoms with Crippen molar-refractivity contribution in [2.75, 3.05) is 13.6 Å². The van der Waals surface area contributed by atoms with E-state index in [0.29, 0.717) is 12.5 Å². The third-order valence-electron chi connectivity index (χ3n) is 5.04. The Balaban J connectivity index is 1.62. The maximum atomic E-state index is 4.71. The molecule has 0 aliphatic heterocycles. The molecule has 0 fully saturated rings. The summed E-state index contributed by atoms with van der Waals surface area (Å²) in [5, 5.41) is 11.6. The first-order valence-electron chi connectivity index (χ1n) is 9.70. The minimum Gasteiger partial charge on any atom is -0.356 e. The summed E-state index contributed by atoms with van der Waals surface area (Å²) >= 11 is 0. The van der Waals surface area contributed by atoms with Crippen LogP contribution in [0.25, 0.3) is 5.69 Å². The van der Waals surface area contributed by atoms with E-state index in [1.807, 2.05) is 28.9 Å². The number of nitrogens with zero attached hydrogens (tertiary/aromatic N) is 3. The summed E-state index contributed by atoms with van der Waals surface area (Å²) in [7, 11) is 1.80. The lowest BCUT2D eigenvalue weighted by Gasteiger charge is -2.16. The number of nitrogens with one attached hydrogen (secondary N) is 2. The van der Waals surface area contributed by atoms with Crippen LogP contribution in [0, 0.1) is 13.8 Å². The zero-order chi connectivity index (χ0) is 19.9. The zero-order valence-electron chi connectivity index (χ0n) is 17.1. The number of para-hydroxylation sites is 1. The van der Waals surface area contributed by atoms with E-state index in [4.69, 9.17) is 5.10 Å². The molecule has 1 unspecified atom stereocenters. The van der Waals surface area contributed by atoms with Gasteiger partial charge in [-0.05, 0) is 37.5 Å². The maximum Gasteiger partial charge on any atom is 0.191 e. The summed E-state index contributed by atoms with van der Waals surface area (Å²) in [5.41, 5.74) is 5.77. The minimum atomic E-state index is 0.407. The Morgan fingerprint density at radius 2 is 1.64 bits per heavy atom. The van der Waals surface area contributed by atoms with Crippen molar-refractivity contribution in [3.05, 3.63) is 83.2 Å². The number of guanidine groups is 1. The number of aromatic nitrogens is 2. The number of aliphatic imine (C=N–C) groups is 1. The van der Waals surface area contributed by atoms with Crippen LogP contribution in [0.1, 0.15) is 35.4 Å². The monoisotopic (exact) mass is 375 g/mol. The Morgan fingerprint density at radius 3 is 2.29 bits per heavy atom. The summed E-state index contributed by atoms with van der Waals surface area (Å²) < 4.78 is 2.00. The van der Waals surface area contributed by atoms with Gasteiger partial charge in [0.05, 0.1) is 11.4 Å². The van der Waals surface area contributed by atoms with E-state index in [1.54, 1.807) is 7.05 Å². The topological polar surface area (TPSA) is 54.2 Å². The lowest BCUT2D eigenvalue weighted by atomic mass is 10.0. The molecule has 2 aromatic carbocycles. The molecule has 0 saturated carbocycles. The molecule has 3 rings (SSSR count). The van der Waals surface area contributed by atoms with Crippen LogP contribution in [0.4, 0.5) is 0 Å². The van der Waals surface area contributed by atoms with Gasteiger partial charge in [0, 0.05) is 31.4 Å². The fourth-order valence-corrected chi connectivity index (χ4v) is 3.29. The van der Waals surface area contributed by atoms with Gasteiger partial charge < -0.3 is 10.6 Å². The molecule has 0 aliphatic rings. The second-order valence-corrected chi connectivity index (χ2v) is 7.02. The number of aryl methyl sites for hydroxylation is 1. The van der Waals surface area contributed by atoms with Crippen molar-refractivity contribution >= 4 is 5.96 Å². The second-order valence-electron chi connectivity index (χ2n) is 7.02. The standard InChI is InChI=1S/C23H29N5/c1-17(20-11-7-5-8-12-20)15-25-23(24-4)26-16-22-18(2)27-28(19(22)3)21-13-9-6-10-14-21/h5-14,17H,15-16H2,1-4H3,(H2,24,25,26). The van der Waals surface area contributed by atoms with Crippen LogP contribution in [0.3, 0.4) is 0 Å². The molecule has 2 N–H and O–H groups in total. The average molecular weight is 376 g/mol. The lowest BCUT2D eigenvalue weighted by Crippen LogP contribution is -2.38. The van der Waals surface area contributed by atoms with Gasteiger partial charge in [0.15, 0.2) is 5.96 Å². The van der Waals surface area contributed by atoms with Crippen LogP contribution < -0.4 is 10.6 Å². The third kappa shape index (κ3) is 4.60. The Labute approximate surface area is 167 Å². The molecule has 5 heteroatoms. The van der Waals surface area contributed by atoms with Crippen LogP contribution in [-0.4, -0.2) is 29.3 Å². The minimum absolute atomic E-state index is 0.407. The number of hydrogen-bond donors (Lipinski definition) is 2. The van der Waals surface area contributed by atoms with E-state index in [0.717, 1.165) is 29.6 Å². The highest BCUT2D eigenvalue weighted by Gasteiger charge is 2.13. The molecule has 0 amide bonds. The summed E-state index contributed by atoms with van der Waals surface area (Å²) in [6, 6.07) is 20.7. The van der Waals surface area contributed by atoms with E-state index in [2.05, 4.69) is 72.8 Å². The van der Waals surface area contributed by atoms with Gasteiger partial charge in [0.1, 0.15) is 0 Å². The molecular formula is C23H29N5. The molecule has 146 valence electrons. The molecule has 0 radical (unpaired) electrons. The van der Waals surface area contributed by atoms with Crippen LogP contribution in [0.15, 0.2) is 65.7 Å². The molecule has 0 bridgehead atoms. The fraction of sp³-hybridized carbons (Fsp3) is 0.304. The Hall–Kier alpha value is -3.08. The van der Waals surface area contributed by atoms with Crippen molar-refractivity contribution in [3.8, 4) is 5.69 Å². The Bertz CT molecular complexity index is 913. The smallest absolute Gasteiger partial charge is 0.191 e. The first-order chi connectivity index (χ1) is 13.6. The van der Waals surface area contributed by atoms with E-state index < -0.39 is 0 Å². The molecule has 0 saturated heterocycles.